The number of benzene rings is 2. The first-order valence-corrected chi connectivity index (χ1v) is 10.2. The summed E-state index contributed by atoms with van der Waals surface area (Å²) in [6.45, 7) is 1.47. The highest BCUT2D eigenvalue weighted by molar-refractivity contribution is 7.92. The van der Waals surface area contributed by atoms with Gasteiger partial charge in [0.15, 0.2) is 0 Å². The lowest BCUT2D eigenvalue weighted by atomic mass is 10.2. The van der Waals surface area contributed by atoms with Crippen molar-refractivity contribution >= 4 is 33.4 Å². The molecule has 9 heteroatoms. The molecule has 0 bridgehead atoms. The molecule has 2 aromatic rings. The highest BCUT2D eigenvalue weighted by Crippen LogP contribution is 2.19. The molecule has 148 valence electrons. The Morgan fingerprint density at radius 1 is 0.929 bits per heavy atom. The number of anilines is 2. The summed E-state index contributed by atoms with van der Waals surface area (Å²) in [6.07, 6.45) is 1.99. The third kappa shape index (κ3) is 4.61. The zero-order chi connectivity index (χ0) is 20.1. The summed E-state index contributed by atoms with van der Waals surface area (Å²) in [6, 6.07) is 11.7. The number of nitrogens with one attached hydrogen (secondary N) is 2. The number of rotatable bonds is 5. The van der Waals surface area contributed by atoms with Crippen molar-refractivity contribution in [1.82, 2.24) is 4.90 Å². The van der Waals surface area contributed by atoms with Gasteiger partial charge >= 0.3 is 12.0 Å². The molecule has 1 aliphatic rings. The van der Waals surface area contributed by atoms with Crippen LogP contribution in [0.4, 0.5) is 16.2 Å². The van der Waals surface area contributed by atoms with Gasteiger partial charge in [-0.25, -0.2) is 18.0 Å². The smallest absolute Gasteiger partial charge is 0.337 e. The standard InChI is InChI=1S/C19H21N3O5S/c1-27-18(23)14-4-6-16(7-5-14)21-28(25,26)17-10-8-15(9-11-17)20-19(24)22-12-2-3-13-22/h4-11,21H,2-3,12-13H2,1H3,(H,20,24). The Kier molecular flexibility index (Phi) is 5.84. The van der Waals surface area contributed by atoms with E-state index in [1.54, 1.807) is 17.0 Å². The molecule has 0 radical (unpaired) electrons. The molecular formula is C19H21N3O5S. The number of hydrogen-bond donors (Lipinski definition) is 2. The minimum atomic E-state index is -3.80. The highest BCUT2D eigenvalue weighted by Gasteiger charge is 2.19. The van der Waals surface area contributed by atoms with Crippen LogP contribution in [0.2, 0.25) is 0 Å². The van der Waals surface area contributed by atoms with Crippen molar-refractivity contribution in [3.8, 4) is 0 Å². The number of amides is 2. The van der Waals surface area contributed by atoms with Gasteiger partial charge in [0.2, 0.25) is 0 Å². The Labute approximate surface area is 163 Å². The Morgan fingerprint density at radius 2 is 1.50 bits per heavy atom. The fraction of sp³-hybridized carbons (Fsp3) is 0.263. The van der Waals surface area contributed by atoms with E-state index < -0.39 is 16.0 Å². The number of ether oxygens (including phenoxy) is 1. The van der Waals surface area contributed by atoms with Gasteiger partial charge in [-0.3, -0.25) is 4.72 Å². The maximum absolute atomic E-state index is 12.5. The summed E-state index contributed by atoms with van der Waals surface area (Å²) in [5.41, 5.74) is 1.17. The summed E-state index contributed by atoms with van der Waals surface area (Å²) in [7, 11) is -2.53. The molecule has 0 unspecified atom stereocenters. The first kappa shape index (κ1) is 19.7. The fourth-order valence-corrected chi connectivity index (χ4v) is 3.91. The molecule has 0 atom stereocenters. The molecule has 0 aliphatic carbocycles. The van der Waals surface area contributed by atoms with E-state index in [-0.39, 0.29) is 10.9 Å². The predicted molar refractivity (Wildman–Crippen MR) is 105 cm³/mol. The van der Waals surface area contributed by atoms with Crippen LogP contribution < -0.4 is 10.0 Å². The number of likely N-dealkylation sites (tertiary alicyclic amines) is 1. The van der Waals surface area contributed by atoms with Crippen LogP contribution in [-0.2, 0) is 14.8 Å². The molecular weight excluding hydrogens is 382 g/mol. The van der Waals surface area contributed by atoms with E-state index in [1.165, 1.54) is 43.5 Å². The molecule has 2 amide bonds. The van der Waals surface area contributed by atoms with Crippen LogP contribution >= 0.6 is 0 Å². The van der Waals surface area contributed by atoms with Crippen molar-refractivity contribution in [2.45, 2.75) is 17.7 Å². The second-order valence-corrected chi connectivity index (χ2v) is 8.01. The van der Waals surface area contributed by atoms with Gasteiger partial charge in [-0.05, 0) is 61.4 Å². The lowest BCUT2D eigenvalue weighted by Gasteiger charge is -2.16. The van der Waals surface area contributed by atoms with Crippen molar-refractivity contribution in [2.24, 2.45) is 0 Å². The lowest BCUT2D eigenvalue weighted by Crippen LogP contribution is -2.32. The SMILES string of the molecule is COC(=O)c1ccc(NS(=O)(=O)c2ccc(NC(=O)N3CCCC3)cc2)cc1. The van der Waals surface area contributed by atoms with E-state index >= 15 is 0 Å². The van der Waals surface area contributed by atoms with E-state index in [2.05, 4.69) is 14.8 Å². The van der Waals surface area contributed by atoms with Gasteiger partial charge in [0.25, 0.3) is 10.0 Å². The van der Waals surface area contributed by atoms with Crippen molar-refractivity contribution in [1.29, 1.82) is 0 Å². The normalized spacial score (nSPS) is 13.8. The monoisotopic (exact) mass is 403 g/mol. The van der Waals surface area contributed by atoms with Crippen molar-refractivity contribution < 1.29 is 22.7 Å². The topological polar surface area (TPSA) is 105 Å². The van der Waals surface area contributed by atoms with Gasteiger partial charge in [-0.1, -0.05) is 0 Å². The minimum Gasteiger partial charge on any atom is -0.465 e. The number of carbonyl (C=O) groups is 2. The molecule has 28 heavy (non-hydrogen) atoms. The van der Waals surface area contributed by atoms with E-state index in [1.807, 2.05) is 0 Å². The Bertz CT molecular complexity index is 950. The van der Waals surface area contributed by atoms with Crippen LogP contribution in [0.3, 0.4) is 0 Å². The zero-order valence-electron chi connectivity index (χ0n) is 15.3. The van der Waals surface area contributed by atoms with Crippen LogP contribution in [0.25, 0.3) is 0 Å². The van der Waals surface area contributed by atoms with Crippen LogP contribution in [0.5, 0.6) is 0 Å². The number of hydrogen-bond acceptors (Lipinski definition) is 5. The number of esters is 1. The molecule has 8 nitrogen and oxygen atoms in total. The van der Waals surface area contributed by atoms with Gasteiger partial charge in [0.1, 0.15) is 0 Å². The van der Waals surface area contributed by atoms with Crippen LogP contribution in [0.1, 0.15) is 23.2 Å². The Balaban J connectivity index is 1.66. The largest absolute Gasteiger partial charge is 0.465 e. The fourth-order valence-electron chi connectivity index (χ4n) is 2.85. The quantitative estimate of drug-likeness (QED) is 0.747. The zero-order valence-corrected chi connectivity index (χ0v) is 16.2. The van der Waals surface area contributed by atoms with Crippen molar-refractivity contribution in [3.05, 3.63) is 54.1 Å². The van der Waals surface area contributed by atoms with Crippen LogP contribution in [0, 0.1) is 0 Å². The molecule has 1 heterocycles. The third-order valence-corrected chi connectivity index (χ3v) is 5.76. The molecule has 1 aliphatic heterocycles. The minimum absolute atomic E-state index is 0.0590. The second-order valence-electron chi connectivity index (χ2n) is 6.32. The molecule has 3 rings (SSSR count). The first-order chi connectivity index (χ1) is 13.4. The van der Waals surface area contributed by atoms with Crippen molar-refractivity contribution in [3.63, 3.8) is 0 Å². The number of methoxy groups -OCH3 is 1. The molecule has 1 saturated heterocycles. The van der Waals surface area contributed by atoms with E-state index in [9.17, 15) is 18.0 Å². The third-order valence-electron chi connectivity index (χ3n) is 4.37. The van der Waals surface area contributed by atoms with Gasteiger partial charge in [-0.15, -0.1) is 0 Å². The molecule has 0 aromatic heterocycles. The van der Waals surface area contributed by atoms with Gasteiger partial charge < -0.3 is 15.0 Å². The summed E-state index contributed by atoms with van der Waals surface area (Å²) in [5.74, 6) is -0.499. The molecule has 2 N–H and O–H groups in total. The summed E-state index contributed by atoms with van der Waals surface area (Å²) >= 11 is 0. The van der Waals surface area contributed by atoms with Crippen molar-refractivity contribution in [2.75, 3.05) is 30.2 Å². The number of sulfonamides is 1. The van der Waals surface area contributed by atoms with E-state index in [4.69, 9.17) is 0 Å². The second kappa shape index (κ2) is 8.30. The van der Waals surface area contributed by atoms with Gasteiger partial charge in [-0.2, -0.15) is 0 Å². The highest BCUT2D eigenvalue weighted by atomic mass is 32.2. The van der Waals surface area contributed by atoms with Gasteiger partial charge in [0, 0.05) is 24.5 Å². The Hall–Kier alpha value is -3.07. The molecule has 1 fully saturated rings. The average molecular weight is 403 g/mol. The van der Waals surface area contributed by atoms with Gasteiger partial charge in [0.05, 0.1) is 17.6 Å². The number of urea groups is 1. The molecule has 2 aromatic carbocycles. The number of nitrogens with zero attached hydrogens (tertiary/aromatic N) is 1. The van der Waals surface area contributed by atoms with Crippen LogP contribution in [-0.4, -0.2) is 45.5 Å². The summed E-state index contributed by atoms with van der Waals surface area (Å²) < 4.78 is 32.1. The lowest BCUT2D eigenvalue weighted by molar-refractivity contribution is 0.0600. The van der Waals surface area contributed by atoms with Crippen LogP contribution in [0.15, 0.2) is 53.4 Å². The average Bonchev–Trinajstić information content (AvgIpc) is 3.23. The van der Waals surface area contributed by atoms with E-state index in [0.29, 0.717) is 16.9 Å². The Morgan fingerprint density at radius 3 is 2.07 bits per heavy atom. The summed E-state index contributed by atoms with van der Waals surface area (Å²) in [5, 5.41) is 2.76. The van der Waals surface area contributed by atoms with E-state index in [0.717, 1.165) is 25.9 Å². The predicted octanol–water partition coefficient (Wildman–Crippen LogP) is 2.90. The first-order valence-electron chi connectivity index (χ1n) is 8.76. The summed E-state index contributed by atoms with van der Waals surface area (Å²) in [4.78, 5) is 25.3. The maximum Gasteiger partial charge on any atom is 0.337 e. The maximum atomic E-state index is 12.5. The number of carbonyl (C=O) groups excluding carboxylic acids is 2. The molecule has 0 spiro atoms. The molecule has 0 saturated carbocycles.